The molecule has 3 aromatic rings. The van der Waals surface area contributed by atoms with Gasteiger partial charge in [-0.05, 0) is 49.2 Å². The van der Waals surface area contributed by atoms with Crippen LogP contribution in [0.5, 0.6) is 0 Å². The number of hydrogen-bond acceptors (Lipinski definition) is 3. The first-order valence-corrected chi connectivity index (χ1v) is 7.55. The summed E-state index contributed by atoms with van der Waals surface area (Å²) in [5, 5.41) is 7.75. The predicted molar refractivity (Wildman–Crippen MR) is 87.8 cm³/mol. The maximum Gasteiger partial charge on any atom is 0.153 e. The fourth-order valence-electron chi connectivity index (χ4n) is 2.46. The number of pyridine rings is 1. The van der Waals surface area contributed by atoms with Gasteiger partial charge in [-0.1, -0.05) is 18.2 Å². The molecule has 1 aromatic carbocycles. The molecule has 4 nitrogen and oxygen atoms in total. The first-order valence-electron chi connectivity index (χ1n) is 7.55. The van der Waals surface area contributed by atoms with Gasteiger partial charge in [-0.15, -0.1) is 0 Å². The third-order valence-corrected chi connectivity index (χ3v) is 3.61. The standard InChI is InChI=1S/C18H19FN4/c1-13-9-14(2)23(22-13)18-8-5-16(12-21-18)11-20-10-15-3-6-17(19)7-4-15/h3-9,12,20H,10-11H2,1-2H3. The fraction of sp³-hybridized carbons (Fsp3) is 0.222. The summed E-state index contributed by atoms with van der Waals surface area (Å²) in [5.41, 5.74) is 4.20. The van der Waals surface area contributed by atoms with Gasteiger partial charge in [0.05, 0.1) is 5.69 Å². The first kappa shape index (κ1) is 15.4. The van der Waals surface area contributed by atoms with Crippen molar-refractivity contribution in [1.82, 2.24) is 20.1 Å². The van der Waals surface area contributed by atoms with E-state index in [9.17, 15) is 4.39 Å². The largest absolute Gasteiger partial charge is 0.309 e. The quantitative estimate of drug-likeness (QED) is 0.786. The van der Waals surface area contributed by atoms with E-state index in [0.717, 1.165) is 28.3 Å². The normalized spacial score (nSPS) is 10.9. The fourth-order valence-corrected chi connectivity index (χ4v) is 2.46. The predicted octanol–water partition coefficient (Wildman–Crippen LogP) is 3.31. The molecule has 2 aromatic heterocycles. The molecular weight excluding hydrogens is 291 g/mol. The van der Waals surface area contributed by atoms with E-state index in [1.807, 2.05) is 42.9 Å². The number of aromatic nitrogens is 3. The molecule has 118 valence electrons. The Hall–Kier alpha value is -2.53. The minimum absolute atomic E-state index is 0.210. The second-order valence-corrected chi connectivity index (χ2v) is 5.59. The van der Waals surface area contributed by atoms with Crippen LogP contribution >= 0.6 is 0 Å². The Labute approximate surface area is 135 Å². The highest BCUT2D eigenvalue weighted by molar-refractivity contribution is 5.28. The molecule has 23 heavy (non-hydrogen) atoms. The third-order valence-electron chi connectivity index (χ3n) is 3.61. The summed E-state index contributed by atoms with van der Waals surface area (Å²) < 4.78 is 14.7. The number of aryl methyl sites for hydroxylation is 2. The summed E-state index contributed by atoms with van der Waals surface area (Å²) in [5.74, 6) is 0.607. The number of hydrogen-bond donors (Lipinski definition) is 1. The van der Waals surface area contributed by atoms with Crippen molar-refractivity contribution in [3.8, 4) is 5.82 Å². The first-order chi connectivity index (χ1) is 11.1. The van der Waals surface area contributed by atoms with Gasteiger partial charge >= 0.3 is 0 Å². The van der Waals surface area contributed by atoms with Gasteiger partial charge in [-0.3, -0.25) is 0 Å². The van der Waals surface area contributed by atoms with Gasteiger partial charge in [-0.2, -0.15) is 5.10 Å². The van der Waals surface area contributed by atoms with Crippen molar-refractivity contribution in [3.63, 3.8) is 0 Å². The molecule has 1 N–H and O–H groups in total. The van der Waals surface area contributed by atoms with Crippen LogP contribution in [0.15, 0.2) is 48.7 Å². The highest BCUT2D eigenvalue weighted by Crippen LogP contribution is 2.10. The maximum atomic E-state index is 12.8. The number of nitrogens with one attached hydrogen (secondary N) is 1. The third kappa shape index (κ3) is 3.81. The van der Waals surface area contributed by atoms with Crippen LogP contribution in [-0.4, -0.2) is 14.8 Å². The molecule has 3 rings (SSSR count). The van der Waals surface area contributed by atoms with E-state index in [2.05, 4.69) is 15.4 Å². The zero-order valence-electron chi connectivity index (χ0n) is 13.3. The zero-order chi connectivity index (χ0) is 16.2. The van der Waals surface area contributed by atoms with Crippen LogP contribution in [0.4, 0.5) is 4.39 Å². The van der Waals surface area contributed by atoms with Crippen LogP contribution < -0.4 is 5.32 Å². The van der Waals surface area contributed by atoms with Crippen molar-refractivity contribution >= 4 is 0 Å². The Kier molecular flexibility index (Phi) is 4.48. The summed E-state index contributed by atoms with van der Waals surface area (Å²) >= 11 is 0. The summed E-state index contributed by atoms with van der Waals surface area (Å²) in [6, 6.07) is 12.5. The van der Waals surface area contributed by atoms with Crippen molar-refractivity contribution in [2.45, 2.75) is 26.9 Å². The van der Waals surface area contributed by atoms with E-state index in [1.54, 1.807) is 12.1 Å². The van der Waals surface area contributed by atoms with E-state index in [1.165, 1.54) is 12.1 Å². The number of halogens is 1. The lowest BCUT2D eigenvalue weighted by Crippen LogP contribution is -2.13. The van der Waals surface area contributed by atoms with E-state index in [4.69, 9.17) is 0 Å². The topological polar surface area (TPSA) is 42.7 Å². The second kappa shape index (κ2) is 6.71. The highest BCUT2D eigenvalue weighted by atomic mass is 19.1. The molecule has 0 spiro atoms. The van der Waals surface area contributed by atoms with E-state index in [0.29, 0.717) is 13.1 Å². The van der Waals surface area contributed by atoms with Crippen LogP contribution in [0.2, 0.25) is 0 Å². The number of benzene rings is 1. The Bertz CT molecular complexity index is 776. The number of nitrogens with zero attached hydrogens (tertiary/aromatic N) is 3. The minimum atomic E-state index is -0.210. The second-order valence-electron chi connectivity index (χ2n) is 5.59. The van der Waals surface area contributed by atoms with Crippen LogP contribution in [0, 0.1) is 19.7 Å². The van der Waals surface area contributed by atoms with Gasteiger partial charge in [0.2, 0.25) is 0 Å². The van der Waals surface area contributed by atoms with Gasteiger partial charge < -0.3 is 5.32 Å². The Morgan fingerprint density at radius 3 is 2.30 bits per heavy atom. The Morgan fingerprint density at radius 2 is 1.70 bits per heavy atom. The molecule has 0 aliphatic heterocycles. The molecule has 0 atom stereocenters. The molecule has 2 heterocycles. The molecular formula is C18H19FN4. The van der Waals surface area contributed by atoms with Gasteiger partial charge in [0.15, 0.2) is 5.82 Å². The van der Waals surface area contributed by atoms with Gasteiger partial charge in [-0.25, -0.2) is 14.1 Å². The minimum Gasteiger partial charge on any atom is -0.309 e. The molecule has 0 bridgehead atoms. The van der Waals surface area contributed by atoms with Crippen molar-refractivity contribution in [2.24, 2.45) is 0 Å². The monoisotopic (exact) mass is 310 g/mol. The lowest BCUT2D eigenvalue weighted by Gasteiger charge is -2.07. The average molecular weight is 310 g/mol. The highest BCUT2D eigenvalue weighted by Gasteiger charge is 2.04. The average Bonchev–Trinajstić information content (AvgIpc) is 2.89. The van der Waals surface area contributed by atoms with Crippen LogP contribution in [0.25, 0.3) is 5.82 Å². The van der Waals surface area contributed by atoms with Crippen molar-refractivity contribution < 1.29 is 4.39 Å². The van der Waals surface area contributed by atoms with Gasteiger partial charge in [0.25, 0.3) is 0 Å². The maximum absolute atomic E-state index is 12.8. The lowest BCUT2D eigenvalue weighted by molar-refractivity contribution is 0.625. The summed E-state index contributed by atoms with van der Waals surface area (Å²) in [4.78, 5) is 4.47. The number of rotatable bonds is 5. The molecule has 5 heteroatoms. The molecule has 0 fully saturated rings. The van der Waals surface area contributed by atoms with Crippen molar-refractivity contribution in [3.05, 3.63) is 77.0 Å². The van der Waals surface area contributed by atoms with Crippen LogP contribution in [0.1, 0.15) is 22.5 Å². The molecule has 0 amide bonds. The van der Waals surface area contributed by atoms with Gasteiger partial charge in [0, 0.05) is 25.0 Å². The SMILES string of the molecule is Cc1cc(C)n(-c2ccc(CNCc3ccc(F)cc3)cn2)n1. The summed E-state index contributed by atoms with van der Waals surface area (Å²) in [6.45, 7) is 5.39. The Morgan fingerprint density at radius 1 is 1.00 bits per heavy atom. The van der Waals surface area contributed by atoms with Crippen molar-refractivity contribution in [2.75, 3.05) is 0 Å². The van der Waals surface area contributed by atoms with Crippen molar-refractivity contribution in [1.29, 1.82) is 0 Å². The van der Waals surface area contributed by atoms with E-state index in [-0.39, 0.29) is 5.82 Å². The van der Waals surface area contributed by atoms with E-state index >= 15 is 0 Å². The zero-order valence-corrected chi connectivity index (χ0v) is 13.3. The Balaban J connectivity index is 1.59. The summed E-state index contributed by atoms with van der Waals surface area (Å²) in [6.07, 6.45) is 1.85. The molecule has 0 saturated heterocycles. The van der Waals surface area contributed by atoms with Crippen LogP contribution in [0.3, 0.4) is 0 Å². The molecule has 0 unspecified atom stereocenters. The lowest BCUT2D eigenvalue weighted by atomic mass is 10.2. The molecule has 0 aliphatic rings. The molecule has 0 radical (unpaired) electrons. The molecule has 0 aliphatic carbocycles. The molecule has 0 saturated carbocycles. The van der Waals surface area contributed by atoms with Crippen LogP contribution in [-0.2, 0) is 13.1 Å². The van der Waals surface area contributed by atoms with Gasteiger partial charge in [0.1, 0.15) is 5.82 Å². The smallest absolute Gasteiger partial charge is 0.153 e. The summed E-state index contributed by atoms with van der Waals surface area (Å²) in [7, 11) is 0. The van der Waals surface area contributed by atoms with E-state index < -0.39 is 0 Å².